The number of nitrogens with one attached hydrogen (secondary N) is 1. The van der Waals surface area contributed by atoms with Crippen LogP contribution in [0.15, 0.2) is 35.3 Å². The summed E-state index contributed by atoms with van der Waals surface area (Å²) in [5.41, 5.74) is 6.72. The molecule has 1 fully saturated rings. The maximum Gasteiger partial charge on any atom is 0.250 e. The van der Waals surface area contributed by atoms with Crippen LogP contribution >= 0.6 is 0 Å². The zero-order valence-electron chi connectivity index (χ0n) is 10.1. The van der Waals surface area contributed by atoms with E-state index in [2.05, 4.69) is 10.3 Å². The lowest BCUT2D eigenvalue weighted by atomic mass is 10.2. The minimum atomic E-state index is -2.56. The van der Waals surface area contributed by atoms with Crippen molar-refractivity contribution >= 4 is 5.96 Å². The van der Waals surface area contributed by atoms with E-state index in [4.69, 9.17) is 5.73 Å². The average Bonchev–Trinajstić information content (AvgIpc) is 2.67. The van der Waals surface area contributed by atoms with E-state index in [-0.39, 0.29) is 24.8 Å². The second-order valence-corrected chi connectivity index (χ2v) is 4.63. The van der Waals surface area contributed by atoms with Gasteiger partial charge in [-0.05, 0) is 12.0 Å². The van der Waals surface area contributed by atoms with Gasteiger partial charge in [-0.2, -0.15) is 0 Å². The summed E-state index contributed by atoms with van der Waals surface area (Å²) in [5, 5.41) is 2.85. The van der Waals surface area contributed by atoms with Gasteiger partial charge in [-0.3, -0.25) is 0 Å². The van der Waals surface area contributed by atoms with Crippen molar-refractivity contribution in [3.05, 3.63) is 35.9 Å². The second kappa shape index (κ2) is 5.33. The van der Waals surface area contributed by atoms with E-state index in [1.807, 2.05) is 30.3 Å². The number of nitrogens with two attached hydrogens (primary N) is 1. The average molecular weight is 253 g/mol. The van der Waals surface area contributed by atoms with Crippen LogP contribution in [0.3, 0.4) is 0 Å². The molecule has 18 heavy (non-hydrogen) atoms. The van der Waals surface area contributed by atoms with Gasteiger partial charge in [0.05, 0.1) is 6.54 Å². The minimum Gasteiger partial charge on any atom is -0.370 e. The number of hydrogen-bond acceptors (Lipinski definition) is 1. The predicted molar refractivity (Wildman–Crippen MR) is 67.5 cm³/mol. The van der Waals surface area contributed by atoms with Gasteiger partial charge in [-0.1, -0.05) is 30.3 Å². The Hall–Kier alpha value is -1.65. The molecule has 5 heteroatoms. The summed E-state index contributed by atoms with van der Waals surface area (Å²) >= 11 is 0. The van der Waals surface area contributed by atoms with Crippen molar-refractivity contribution in [1.82, 2.24) is 5.32 Å². The van der Waals surface area contributed by atoms with Gasteiger partial charge < -0.3 is 11.1 Å². The highest BCUT2D eigenvalue weighted by molar-refractivity contribution is 5.78. The molecule has 0 radical (unpaired) electrons. The Kier molecular flexibility index (Phi) is 3.79. The molecule has 1 unspecified atom stereocenters. The maximum atomic E-state index is 13.0. The fourth-order valence-corrected chi connectivity index (χ4v) is 2.09. The van der Waals surface area contributed by atoms with Gasteiger partial charge in [0.15, 0.2) is 5.96 Å². The van der Waals surface area contributed by atoms with Gasteiger partial charge in [0, 0.05) is 18.9 Å². The van der Waals surface area contributed by atoms with E-state index < -0.39 is 5.92 Å². The molecule has 0 spiro atoms. The van der Waals surface area contributed by atoms with Crippen LogP contribution in [0.2, 0.25) is 0 Å². The third-order valence-electron chi connectivity index (χ3n) is 3.03. The van der Waals surface area contributed by atoms with Crippen LogP contribution in [0.1, 0.15) is 24.8 Å². The van der Waals surface area contributed by atoms with E-state index in [9.17, 15) is 8.78 Å². The molecular weight excluding hydrogens is 236 g/mol. The molecule has 3 N–H and O–H groups in total. The number of guanidine groups is 1. The SMILES string of the molecule is NC(=NCc1ccccc1)NC1CCC(F)(F)C1. The van der Waals surface area contributed by atoms with Gasteiger partial charge >= 0.3 is 0 Å². The van der Waals surface area contributed by atoms with Crippen LogP contribution in [0.25, 0.3) is 0 Å². The first-order valence-corrected chi connectivity index (χ1v) is 6.03. The lowest BCUT2D eigenvalue weighted by Gasteiger charge is -2.13. The number of alkyl halides is 2. The van der Waals surface area contributed by atoms with Gasteiger partial charge in [0.2, 0.25) is 5.92 Å². The zero-order valence-corrected chi connectivity index (χ0v) is 10.1. The number of aliphatic imine (C=N–C) groups is 1. The largest absolute Gasteiger partial charge is 0.370 e. The summed E-state index contributed by atoms with van der Waals surface area (Å²) in [7, 11) is 0. The molecular formula is C13H17F2N3. The molecule has 1 aromatic carbocycles. The molecule has 2 rings (SSSR count). The first kappa shape index (κ1) is 12.8. The van der Waals surface area contributed by atoms with Crippen molar-refractivity contribution in [2.45, 2.75) is 37.8 Å². The highest BCUT2D eigenvalue weighted by atomic mass is 19.3. The van der Waals surface area contributed by atoms with E-state index in [0.717, 1.165) is 5.56 Å². The van der Waals surface area contributed by atoms with E-state index in [1.165, 1.54) is 0 Å². The topological polar surface area (TPSA) is 50.4 Å². The van der Waals surface area contributed by atoms with Crippen LogP contribution in [0.4, 0.5) is 8.78 Å². The minimum absolute atomic E-state index is 0.0728. The Morgan fingerprint density at radius 3 is 2.72 bits per heavy atom. The van der Waals surface area contributed by atoms with E-state index in [1.54, 1.807) is 0 Å². The first-order valence-electron chi connectivity index (χ1n) is 6.03. The smallest absolute Gasteiger partial charge is 0.250 e. The Balaban J connectivity index is 1.83. The fourth-order valence-electron chi connectivity index (χ4n) is 2.09. The summed E-state index contributed by atoms with van der Waals surface area (Å²) in [6.45, 7) is 0.461. The van der Waals surface area contributed by atoms with Crippen LogP contribution in [0.5, 0.6) is 0 Å². The van der Waals surface area contributed by atoms with Crippen molar-refractivity contribution < 1.29 is 8.78 Å². The van der Waals surface area contributed by atoms with Gasteiger partial charge in [0.25, 0.3) is 0 Å². The second-order valence-electron chi connectivity index (χ2n) is 4.63. The van der Waals surface area contributed by atoms with Crippen LogP contribution in [-0.2, 0) is 6.54 Å². The van der Waals surface area contributed by atoms with Crippen LogP contribution in [-0.4, -0.2) is 17.9 Å². The number of benzene rings is 1. The molecule has 1 atom stereocenters. The summed E-state index contributed by atoms with van der Waals surface area (Å²) in [5.74, 6) is -2.32. The van der Waals surface area contributed by atoms with Crippen molar-refractivity contribution in [3.8, 4) is 0 Å². The van der Waals surface area contributed by atoms with Crippen LogP contribution in [0, 0.1) is 0 Å². The standard InChI is InChI=1S/C13H17F2N3/c14-13(15)7-6-11(8-13)18-12(16)17-9-10-4-2-1-3-5-10/h1-5,11H,6-9H2,(H3,16,17,18). The van der Waals surface area contributed by atoms with Crippen LogP contribution < -0.4 is 11.1 Å². The molecule has 3 nitrogen and oxygen atoms in total. The highest BCUT2D eigenvalue weighted by Crippen LogP contribution is 2.34. The zero-order chi connectivity index (χ0) is 13.0. The molecule has 0 amide bonds. The molecule has 98 valence electrons. The molecule has 1 aliphatic carbocycles. The molecule has 0 bridgehead atoms. The predicted octanol–water partition coefficient (Wildman–Crippen LogP) is 2.28. The highest BCUT2D eigenvalue weighted by Gasteiger charge is 2.39. The molecule has 1 saturated carbocycles. The molecule has 0 saturated heterocycles. The summed E-state index contributed by atoms with van der Waals surface area (Å²) < 4.78 is 26.0. The van der Waals surface area contributed by atoms with E-state index >= 15 is 0 Å². The van der Waals surface area contributed by atoms with Gasteiger partial charge in [0.1, 0.15) is 0 Å². The Bertz CT molecular complexity index is 418. The third-order valence-corrected chi connectivity index (χ3v) is 3.03. The first-order chi connectivity index (χ1) is 8.55. The number of hydrogen-bond donors (Lipinski definition) is 2. The third kappa shape index (κ3) is 3.68. The Morgan fingerprint density at radius 2 is 2.11 bits per heavy atom. The lowest BCUT2D eigenvalue weighted by Crippen LogP contribution is -2.39. The summed E-state index contributed by atoms with van der Waals surface area (Å²) in [6.07, 6.45) is 0.208. The van der Waals surface area contributed by atoms with Gasteiger partial charge in [-0.15, -0.1) is 0 Å². The monoisotopic (exact) mass is 253 g/mol. The molecule has 0 aromatic heterocycles. The quantitative estimate of drug-likeness (QED) is 0.641. The van der Waals surface area contributed by atoms with Crippen molar-refractivity contribution in [2.24, 2.45) is 10.7 Å². The number of nitrogens with zero attached hydrogens (tertiary/aromatic N) is 1. The van der Waals surface area contributed by atoms with Crippen molar-refractivity contribution in [1.29, 1.82) is 0 Å². The molecule has 1 aliphatic rings. The molecule has 0 aliphatic heterocycles. The molecule has 0 heterocycles. The Morgan fingerprint density at radius 1 is 1.39 bits per heavy atom. The van der Waals surface area contributed by atoms with Crippen molar-refractivity contribution in [2.75, 3.05) is 0 Å². The fraction of sp³-hybridized carbons (Fsp3) is 0.462. The number of rotatable bonds is 3. The Labute approximate surface area is 105 Å². The number of halogens is 2. The normalized spacial score (nSPS) is 23.0. The summed E-state index contributed by atoms with van der Waals surface area (Å²) in [4.78, 5) is 4.14. The van der Waals surface area contributed by atoms with Gasteiger partial charge in [-0.25, -0.2) is 13.8 Å². The lowest BCUT2D eigenvalue weighted by molar-refractivity contribution is 0.00748. The summed E-state index contributed by atoms with van der Waals surface area (Å²) in [6, 6.07) is 9.40. The van der Waals surface area contributed by atoms with E-state index in [0.29, 0.717) is 13.0 Å². The molecule has 1 aromatic rings. The van der Waals surface area contributed by atoms with Crippen molar-refractivity contribution in [3.63, 3.8) is 0 Å². The maximum absolute atomic E-state index is 13.0.